The summed E-state index contributed by atoms with van der Waals surface area (Å²) in [5, 5.41) is 0.572. The molecular weight excluding hydrogens is 327 g/mol. The number of nitrogens with zero attached hydrogens (tertiary/aromatic N) is 2. The first-order valence-corrected chi connectivity index (χ1v) is 7.63. The summed E-state index contributed by atoms with van der Waals surface area (Å²) in [7, 11) is 0. The minimum Gasteiger partial charge on any atom is -0.295 e. The number of aromatic nitrogens is 1. The second-order valence-electron chi connectivity index (χ2n) is 4.60. The third kappa shape index (κ3) is 3.18. The highest BCUT2D eigenvalue weighted by molar-refractivity contribution is 8.01. The van der Waals surface area contributed by atoms with Gasteiger partial charge in [0.15, 0.2) is 0 Å². The number of pyridine rings is 1. The summed E-state index contributed by atoms with van der Waals surface area (Å²) < 4.78 is 0. The molecular formula is C15H14Cl2N2OS. The van der Waals surface area contributed by atoms with E-state index in [9.17, 15) is 4.79 Å². The molecule has 6 heteroatoms. The van der Waals surface area contributed by atoms with Crippen molar-refractivity contribution in [1.29, 1.82) is 0 Å². The second-order valence-corrected chi connectivity index (χ2v) is 6.46. The number of rotatable bonds is 2. The number of thioether (sulfide) groups is 1. The summed E-state index contributed by atoms with van der Waals surface area (Å²) in [6, 6.07) is 11.3. The molecule has 1 saturated heterocycles. The van der Waals surface area contributed by atoms with Crippen LogP contribution in [0.25, 0.3) is 0 Å². The number of carbonyl (C=O) groups excluding carboxylic acids is 1. The Balaban J connectivity index is 0.00000161. The van der Waals surface area contributed by atoms with Crippen molar-refractivity contribution in [2.24, 2.45) is 0 Å². The minimum atomic E-state index is -0.0594. The van der Waals surface area contributed by atoms with Crippen LogP contribution in [0.5, 0.6) is 0 Å². The highest BCUT2D eigenvalue weighted by Gasteiger charge is 2.39. The molecule has 1 fully saturated rings. The molecule has 1 aromatic carbocycles. The van der Waals surface area contributed by atoms with Gasteiger partial charge in [-0.25, -0.2) is 0 Å². The molecule has 0 radical (unpaired) electrons. The van der Waals surface area contributed by atoms with Gasteiger partial charge in [-0.1, -0.05) is 17.7 Å². The van der Waals surface area contributed by atoms with Crippen LogP contribution < -0.4 is 4.90 Å². The van der Waals surface area contributed by atoms with Crippen LogP contribution in [0.3, 0.4) is 0 Å². The van der Waals surface area contributed by atoms with Gasteiger partial charge in [0.2, 0.25) is 5.91 Å². The molecule has 21 heavy (non-hydrogen) atoms. The largest absolute Gasteiger partial charge is 0.295 e. The maximum atomic E-state index is 12.4. The molecule has 2 unspecified atom stereocenters. The Hall–Kier alpha value is -1.23. The lowest BCUT2D eigenvalue weighted by Crippen LogP contribution is -2.30. The Morgan fingerprint density at radius 2 is 1.95 bits per heavy atom. The van der Waals surface area contributed by atoms with E-state index in [4.69, 9.17) is 11.6 Å². The van der Waals surface area contributed by atoms with E-state index in [0.29, 0.717) is 5.02 Å². The van der Waals surface area contributed by atoms with Crippen molar-refractivity contribution in [2.45, 2.75) is 17.5 Å². The number of anilines is 1. The Morgan fingerprint density at radius 1 is 1.24 bits per heavy atom. The fraction of sp³-hybridized carbons (Fsp3) is 0.200. The predicted octanol–water partition coefficient (Wildman–Crippen LogP) is 4.32. The van der Waals surface area contributed by atoms with Crippen LogP contribution in [0.2, 0.25) is 5.02 Å². The van der Waals surface area contributed by atoms with E-state index < -0.39 is 0 Å². The van der Waals surface area contributed by atoms with Gasteiger partial charge >= 0.3 is 0 Å². The maximum absolute atomic E-state index is 12.4. The molecule has 0 N–H and O–H groups in total. The Morgan fingerprint density at radius 3 is 2.57 bits per heavy atom. The zero-order valence-electron chi connectivity index (χ0n) is 11.3. The fourth-order valence-corrected chi connectivity index (χ4v) is 3.62. The minimum absolute atomic E-state index is 0. The Kier molecular flexibility index (Phi) is 5.14. The molecule has 2 atom stereocenters. The van der Waals surface area contributed by atoms with Gasteiger partial charge in [-0.3, -0.25) is 14.7 Å². The first-order valence-electron chi connectivity index (χ1n) is 6.31. The zero-order valence-corrected chi connectivity index (χ0v) is 13.7. The molecule has 1 amide bonds. The molecule has 3 rings (SSSR count). The van der Waals surface area contributed by atoms with Crippen LogP contribution >= 0.6 is 35.8 Å². The van der Waals surface area contributed by atoms with E-state index in [1.807, 2.05) is 42.3 Å². The highest BCUT2D eigenvalue weighted by atomic mass is 35.5. The summed E-state index contributed by atoms with van der Waals surface area (Å²) in [6.45, 7) is 1.94. The Bertz CT molecular complexity index is 621. The van der Waals surface area contributed by atoms with Crippen LogP contribution in [-0.2, 0) is 4.79 Å². The molecule has 2 aromatic rings. The van der Waals surface area contributed by atoms with Crippen molar-refractivity contribution >= 4 is 47.4 Å². The summed E-state index contributed by atoms with van der Waals surface area (Å²) in [6.07, 6.45) is 3.55. The average molecular weight is 341 g/mol. The number of hydrogen-bond donors (Lipinski definition) is 0. The monoisotopic (exact) mass is 340 g/mol. The maximum Gasteiger partial charge on any atom is 0.241 e. The molecule has 0 bridgehead atoms. The van der Waals surface area contributed by atoms with Gasteiger partial charge in [0.1, 0.15) is 5.37 Å². The summed E-state index contributed by atoms with van der Waals surface area (Å²) in [5.74, 6) is 0.117. The lowest BCUT2D eigenvalue weighted by molar-refractivity contribution is -0.117. The van der Waals surface area contributed by atoms with E-state index in [1.54, 1.807) is 30.1 Å². The van der Waals surface area contributed by atoms with E-state index in [1.165, 1.54) is 0 Å². The number of hydrogen-bond acceptors (Lipinski definition) is 3. The van der Waals surface area contributed by atoms with Crippen LogP contribution in [0, 0.1) is 0 Å². The van der Waals surface area contributed by atoms with Crippen molar-refractivity contribution < 1.29 is 4.79 Å². The van der Waals surface area contributed by atoms with E-state index >= 15 is 0 Å². The first kappa shape index (κ1) is 16.1. The number of halogens is 2. The molecule has 0 aliphatic carbocycles. The van der Waals surface area contributed by atoms with Crippen molar-refractivity contribution in [2.75, 3.05) is 4.90 Å². The first-order chi connectivity index (χ1) is 9.66. The normalized spacial score (nSPS) is 21.2. The lowest BCUT2D eigenvalue weighted by atomic mass is 10.2. The van der Waals surface area contributed by atoms with Crippen LogP contribution in [0.1, 0.15) is 17.9 Å². The highest BCUT2D eigenvalue weighted by Crippen LogP contribution is 2.45. The van der Waals surface area contributed by atoms with Gasteiger partial charge in [-0.05, 0) is 37.3 Å². The predicted molar refractivity (Wildman–Crippen MR) is 90.2 cm³/mol. The third-order valence-corrected chi connectivity index (χ3v) is 4.83. The van der Waals surface area contributed by atoms with Gasteiger partial charge in [-0.15, -0.1) is 24.2 Å². The van der Waals surface area contributed by atoms with Crippen molar-refractivity contribution in [3.8, 4) is 0 Å². The smallest absolute Gasteiger partial charge is 0.241 e. The quantitative estimate of drug-likeness (QED) is 0.815. The standard InChI is InChI=1S/C15H13ClN2OS.ClH/c1-10-14(19)18(13-6-4-12(16)5-7-13)15(20-10)11-3-2-8-17-9-11;/h2-10,15H,1H3;1H. The van der Waals surface area contributed by atoms with E-state index in [2.05, 4.69) is 4.98 Å². The molecule has 1 aliphatic rings. The fourth-order valence-electron chi connectivity index (χ4n) is 2.24. The van der Waals surface area contributed by atoms with Crippen molar-refractivity contribution in [1.82, 2.24) is 4.98 Å². The number of amides is 1. The SMILES string of the molecule is CC1SC(c2cccnc2)N(c2ccc(Cl)cc2)C1=O.Cl. The molecule has 110 valence electrons. The molecule has 0 spiro atoms. The second kappa shape index (κ2) is 6.69. The van der Waals surface area contributed by atoms with Gasteiger partial charge in [-0.2, -0.15) is 0 Å². The molecule has 1 aliphatic heterocycles. The Labute approximate surface area is 139 Å². The third-order valence-electron chi connectivity index (χ3n) is 3.23. The number of benzene rings is 1. The molecule has 3 nitrogen and oxygen atoms in total. The molecule has 1 aromatic heterocycles. The molecule has 2 heterocycles. The van der Waals surface area contributed by atoms with E-state index in [0.717, 1.165) is 11.3 Å². The summed E-state index contributed by atoms with van der Waals surface area (Å²) in [4.78, 5) is 18.4. The van der Waals surface area contributed by atoms with Crippen LogP contribution in [-0.4, -0.2) is 16.1 Å². The van der Waals surface area contributed by atoms with Crippen LogP contribution in [0.4, 0.5) is 5.69 Å². The van der Waals surface area contributed by atoms with Gasteiger partial charge < -0.3 is 0 Å². The zero-order chi connectivity index (χ0) is 14.1. The van der Waals surface area contributed by atoms with Gasteiger partial charge in [0.05, 0.1) is 5.25 Å². The topological polar surface area (TPSA) is 33.2 Å². The van der Waals surface area contributed by atoms with Crippen molar-refractivity contribution in [3.05, 3.63) is 59.4 Å². The van der Waals surface area contributed by atoms with E-state index in [-0.39, 0.29) is 28.9 Å². The van der Waals surface area contributed by atoms with Gasteiger partial charge in [0, 0.05) is 28.7 Å². The summed E-state index contributed by atoms with van der Waals surface area (Å²) in [5.41, 5.74) is 1.90. The van der Waals surface area contributed by atoms with Crippen LogP contribution in [0.15, 0.2) is 48.8 Å². The lowest BCUT2D eigenvalue weighted by Gasteiger charge is -2.24. The molecule has 0 saturated carbocycles. The van der Waals surface area contributed by atoms with Gasteiger partial charge in [0.25, 0.3) is 0 Å². The van der Waals surface area contributed by atoms with Crippen molar-refractivity contribution in [3.63, 3.8) is 0 Å². The number of carbonyl (C=O) groups is 1. The average Bonchev–Trinajstić information content (AvgIpc) is 2.77. The summed E-state index contributed by atoms with van der Waals surface area (Å²) >= 11 is 7.56.